The highest BCUT2D eigenvalue weighted by Gasteiger charge is 2.06. The highest BCUT2D eigenvalue weighted by Crippen LogP contribution is 2.10. The van der Waals surface area contributed by atoms with Crippen LogP contribution in [0.3, 0.4) is 0 Å². The van der Waals surface area contributed by atoms with Crippen LogP contribution in [0.15, 0.2) is 49.7 Å². The van der Waals surface area contributed by atoms with Crippen LogP contribution in [0.25, 0.3) is 0 Å². The van der Waals surface area contributed by atoms with Gasteiger partial charge in [0, 0.05) is 12.7 Å². The van der Waals surface area contributed by atoms with E-state index in [0.717, 1.165) is 5.69 Å². The molecule has 1 heterocycles. The first-order valence-electron chi connectivity index (χ1n) is 4.19. The third-order valence-electron chi connectivity index (χ3n) is 1.65. The maximum atomic E-state index is 4.33. The lowest BCUT2D eigenvalue weighted by Crippen LogP contribution is -2.12. The van der Waals surface area contributed by atoms with E-state index in [4.69, 9.17) is 0 Å². The quantitative estimate of drug-likeness (QED) is 0.626. The second-order valence-electron chi connectivity index (χ2n) is 2.59. The fraction of sp³-hybridized carbons (Fsp3) is 0.182. The number of pyridine rings is 1. The number of rotatable bonds is 5. The zero-order valence-corrected chi connectivity index (χ0v) is 7.56. The molecular weight excluding hydrogens is 160 g/mol. The van der Waals surface area contributed by atoms with Gasteiger partial charge in [-0.1, -0.05) is 18.2 Å². The molecule has 13 heavy (non-hydrogen) atoms. The summed E-state index contributed by atoms with van der Waals surface area (Å²) in [5.41, 5.74) is 0.930. The van der Waals surface area contributed by atoms with Crippen molar-refractivity contribution in [2.24, 2.45) is 0 Å². The summed E-state index contributed by atoms with van der Waals surface area (Å²) in [6, 6.07) is 5.76. The minimum absolute atomic E-state index is 0.0146. The maximum Gasteiger partial charge on any atom is 0.0849 e. The predicted octanol–water partition coefficient (Wildman–Crippen LogP) is 2.10. The number of hydrogen-bond acceptors (Lipinski definition) is 1. The SMILES string of the molecule is C=CC[N]C(C=C)c1ccccn1. The van der Waals surface area contributed by atoms with E-state index in [1.165, 1.54) is 0 Å². The van der Waals surface area contributed by atoms with Crippen LogP contribution in [0.1, 0.15) is 11.7 Å². The molecule has 1 rings (SSSR count). The highest BCUT2D eigenvalue weighted by molar-refractivity contribution is 5.13. The van der Waals surface area contributed by atoms with Crippen LogP contribution in [0.5, 0.6) is 0 Å². The predicted molar refractivity (Wildman–Crippen MR) is 54.4 cm³/mol. The molecule has 0 saturated carbocycles. The van der Waals surface area contributed by atoms with Gasteiger partial charge in [0.05, 0.1) is 11.7 Å². The summed E-state index contributed by atoms with van der Waals surface area (Å²) < 4.78 is 0. The standard InChI is InChI=1S/C11H13N2/c1-3-8-12-10(4-2)11-7-5-6-9-13-11/h3-7,9-10H,1-2,8H2. The molecule has 0 fully saturated rings. The Bertz CT molecular complexity index is 267. The normalized spacial score (nSPS) is 12.0. The van der Waals surface area contributed by atoms with E-state index in [2.05, 4.69) is 23.5 Å². The Morgan fingerprint density at radius 3 is 2.85 bits per heavy atom. The lowest BCUT2D eigenvalue weighted by atomic mass is 10.2. The van der Waals surface area contributed by atoms with Crippen LogP contribution in [0.2, 0.25) is 0 Å². The molecule has 1 atom stereocenters. The van der Waals surface area contributed by atoms with Gasteiger partial charge in [-0.15, -0.1) is 13.2 Å². The Morgan fingerprint density at radius 2 is 2.31 bits per heavy atom. The minimum Gasteiger partial charge on any atom is -0.259 e. The van der Waals surface area contributed by atoms with Crippen molar-refractivity contribution in [1.29, 1.82) is 0 Å². The van der Waals surface area contributed by atoms with Gasteiger partial charge in [-0.25, -0.2) is 5.32 Å². The lowest BCUT2D eigenvalue weighted by molar-refractivity contribution is 0.641. The van der Waals surface area contributed by atoms with Crippen molar-refractivity contribution >= 4 is 0 Å². The van der Waals surface area contributed by atoms with Gasteiger partial charge in [-0.3, -0.25) is 4.98 Å². The Kier molecular flexibility index (Phi) is 3.93. The van der Waals surface area contributed by atoms with Crippen molar-refractivity contribution in [1.82, 2.24) is 10.3 Å². The molecule has 0 bridgehead atoms. The molecule has 0 aromatic carbocycles. The molecule has 67 valence electrons. The molecule has 1 radical (unpaired) electrons. The lowest BCUT2D eigenvalue weighted by Gasteiger charge is -2.09. The summed E-state index contributed by atoms with van der Waals surface area (Å²) in [5, 5.41) is 4.33. The van der Waals surface area contributed by atoms with Crippen LogP contribution in [0, 0.1) is 0 Å². The molecule has 0 N–H and O–H groups in total. The Morgan fingerprint density at radius 1 is 1.46 bits per heavy atom. The summed E-state index contributed by atoms with van der Waals surface area (Å²) in [7, 11) is 0. The van der Waals surface area contributed by atoms with E-state index in [1.54, 1.807) is 18.3 Å². The first-order valence-corrected chi connectivity index (χ1v) is 4.19. The average Bonchev–Trinajstić information content (AvgIpc) is 2.21. The van der Waals surface area contributed by atoms with Gasteiger partial charge in [0.25, 0.3) is 0 Å². The van der Waals surface area contributed by atoms with Crippen LogP contribution in [0.4, 0.5) is 0 Å². The molecule has 1 aromatic heterocycles. The molecule has 0 aliphatic rings. The minimum atomic E-state index is -0.0146. The van der Waals surface area contributed by atoms with E-state index >= 15 is 0 Å². The zero-order valence-electron chi connectivity index (χ0n) is 7.56. The molecule has 0 aliphatic heterocycles. The monoisotopic (exact) mass is 173 g/mol. The van der Waals surface area contributed by atoms with Gasteiger partial charge in [0.15, 0.2) is 0 Å². The number of aromatic nitrogens is 1. The van der Waals surface area contributed by atoms with Crippen molar-refractivity contribution in [2.75, 3.05) is 6.54 Å². The van der Waals surface area contributed by atoms with Gasteiger partial charge >= 0.3 is 0 Å². The first kappa shape index (κ1) is 9.68. The van der Waals surface area contributed by atoms with Crippen molar-refractivity contribution in [3.8, 4) is 0 Å². The Hall–Kier alpha value is -1.41. The van der Waals surface area contributed by atoms with Crippen molar-refractivity contribution in [3.63, 3.8) is 0 Å². The van der Waals surface area contributed by atoms with Crippen molar-refractivity contribution < 1.29 is 0 Å². The van der Waals surface area contributed by atoms with E-state index in [1.807, 2.05) is 18.2 Å². The largest absolute Gasteiger partial charge is 0.259 e. The fourth-order valence-corrected chi connectivity index (χ4v) is 1.03. The molecule has 2 nitrogen and oxygen atoms in total. The third kappa shape index (κ3) is 2.84. The van der Waals surface area contributed by atoms with E-state index in [0.29, 0.717) is 6.54 Å². The van der Waals surface area contributed by atoms with Crippen LogP contribution in [-0.4, -0.2) is 11.5 Å². The molecule has 0 spiro atoms. The van der Waals surface area contributed by atoms with E-state index in [-0.39, 0.29) is 6.04 Å². The van der Waals surface area contributed by atoms with Gasteiger partial charge < -0.3 is 0 Å². The fourth-order valence-electron chi connectivity index (χ4n) is 1.03. The second kappa shape index (κ2) is 5.27. The summed E-state index contributed by atoms with van der Waals surface area (Å²) in [4.78, 5) is 4.20. The first-order chi connectivity index (χ1) is 6.38. The van der Waals surface area contributed by atoms with Gasteiger partial charge in [0.1, 0.15) is 0 Å². The molecule has 1 unspecified atom stereocenters. The topological polar surface area (TPSA) is 27.0 Å². The number of hydrogen-bond donors (Lipinski definition) is 0. The van der Waals surface area contributed by atoms with Gasteiger partial charge in [-0.2, -0.15) is 0 Å². The van der Waals surface area contributed by atoms with Crippen molar-refractivity contribution in [2.45, 2.75) is 6.04 Å². The number of nitrogens with zero attached hydrogens (tertiary/aromatic N) is 2. The van der Waals surface area contributed by atoms with Gasteiger partial charge in [0.2, 0.25) is 0 Å². The third-order valence-corrected chi connectivity index (χ3v) is 1.65. The van der Waals surface area contributed by atoms with E-state index < -0.39 is 0 Å². The molecule has 0 saturated heterocycles. The Labute approximate surface area is 79.0 Å². The zero-order chi connectivity index (χ0) is 9.52. The highest BCUT2D eigenvalue weighted by atomic mass is 14.9. The van der Waals surface area contributed by atoms with Crippen LogP contribution >= 0.6 is 0 Å². The molecule has 0 amide bonds. The van der Waals surface area contributed by atoms with Crippen LogP contribution in [-0.2, 0) is 0 Å². The molecule has 1 aromatic rings. The summed E-state index contributed by atoms with van der Waals surface area (Å²) in [6.45, 7) is 7.97. The Balaban J connectivity index is 2.66. The van der Waals surface area contributed by atoms with Gasteiger partial charge in [-0.05, 0) is 12.1 Å². The summed E-state index contributed by atoms with van der Waals surface area (Å²) in [6.07, 6.45) is 5.31. The molecule has 2 heteroatoms. The average molecular weight is 173 g/mol. The molecule has 0 aliphatic carbocycles. The molecular formula is C11H13N2. The summed E-state index contributed by atoms with van der Waals surface area (Å²) >= 11 is 0. The van der Waals surface area contributed by atoms with Crippen molar-refractivity contribution in [3.05, 3.63) is 55.4 Å². The smallest absolute Gasteiger partial charge is 0.0849 e. The summed E-state index contributed by atoms with van der Waals surface area (Å²) in [5.74, 6) is 0. The second-order valence-corrected chi connectivity index (χ2v) is 2.59. The maximum absolute atomic E-state index is 4.33. The van der Waals surface area contributed by atoms with Crippen LogP contribution < -0.4 is 5.32 Å². The van der Waals surface area contributed by atoms with E-state index in [9.17, 15) is 0 Å².